The molecule has 0 bridgehead atoms. The van der Waals surface area contributed by atoms with Gasteiger partial charge in [-0.2, -0.15) is 0 Å². The average molecular weight is 329 g/mol. The van der Waals surface area contributed by atoms with Crippen LogP contribution in [0.15, 0.2) is 24.3 Å². The van der Waals surface area contributed by atoms with E-state index in [0.29, 0.717) is 22.3 Å². The summed E-state index contributed by atoms with van der Waals surface area (Å²) in [6.45, 7) is 5.96. The van der Waals surface area contributed by atoms with Gasteiger partial charge in [-0.05, 0) is 50.5 Å². The average Bonchev–Trinajstić information content (AvgIpc) is 3.16. The van der Waals surface area contributed by atoms with Crippen LogP contribution in [0.25, 0.3) is 0 Å². The van der Waals surface area contributed by atoms with Crippen LogP contribution < -0.4 is 10.6 Å². The Morgan fingerprint density at radius 3 is 2.35 bits per heavy atom. The minimum atomic E-state index is -0.201. The van der Waals surface area contributed by atoms with E-state index in [4.69, 9.17) is 0 Å². The number of anilines is 2. The van der Waals surface area contributed by atoms with Gasteiger partial charge in [-0.15, -0.1) is 11.3 Å². The van der Waals surface area contributed by atoms with Crippen LogP contribution >= 0.6 is 11.3 Å². The fraction of sp³-hybridized carbons (Fsp3) is 0.353. The fourth-order valence-electron chi connectivity index (χ4n) is 2.32. The quantitative estimate of drug-likeness (QED) is 0.900. The van der Waals surface area contributed by atoms with Crippen molar-refractivity contribution in [2.45, 2.75) is 27.2 Å². The van der Waals surface area contributed by atoms with Crippen LogP contribution in [0.1, 0.15) is 34.3 Å². The van der Waals surface area contributed by atoms with Crippen molar-refractivity contribution in [1.82, 2.24) is 4.98 Å². The van der Waals surface area contributed by atoms with Crippen LogP contribution in [0.4, 0.5) is 10.8 Å². The van der Waals surface area contributed by atoms with E-state index in [2.05, 4.69) is 22.5 Å². The van der Waals surface area contributed by atoms with Crippen LogP contribution in [0.3, 0.4) is 0 Å². The van der Waals surface area contributed by atoms with E-state index < -0.39 is 0 Å². The lowest BCUT2D eigenvalue weighted by Crippen LogP contribution is -2.15. The highest BCUT2D eigenvalue weighted by atomic mass is 32.1. The van der Waals surface area contributed by atoms with Crippen molar-refractivity contribution in [2.75, 3.05) is 10.6 Å². The van der Waals surface area contributed by atoms with E-state index in [1.54, 1.807) is 24.3 Å². The molecule has 1 aromatic carbocycles. The third-order valence-electron chi connectivity index (χ3n) is 4.11. The van der Waals surface area contributed by atoms with E-state index in [0.717, 1.165) is 17.0 Å². The summed E-state index contributed by atoms with van der Waals surface area (Å²) in [4.78, 5) is 29.5. The van der Waals surface area contributed by atoms with Crippen molar-refractivity contribution in [1.29, 1.82) is 0 Å². The van der Waals surface area contributed by atoms with E-state index >= 15 is 0 Å². The van der Waals surface area contributed by atoms with Gasteiger partial charge in [-0.3, -0.25) is 14.9 Å². The number of carbonyl (C=O) groups excluding carboxylic acids is 2. The van der Waals surface area contributed by atoms with E-state index in [1.165, 1.54) is 11.3 Å². The molecule has 2 atom stereocenters. The van der Waals surface area contributed by atoms with Gasteiger partial charge in [-0.1, -0.05) is 6.92 Å². The van der Waals surface area contributed by atoms with Gasteiger partial charge in [0.2, 0.25) is 5.91 Å². The largest absolute Gasteiger partial charge is 0.326 e. The van der Waals surface area contributed by atoms with Gasteiger partial charge >= 0.3 is 0 Å². The Morgan fingerprint density at radius 1 is 1.17 bits per heavy atom. The molecule has 120 valence electrons. The third-order valence-corrected chi connectivity index (χ3v) is 5.10. The number of hydrogen-bond acceptors (Lipinski definition) is 4. The standard InChI is InChI=1S/C17H19N3O2S/c1-9-8-14(9)16(22)19-13-6-4-12(5-7-13)15(21)20-17-18-10(2)11(3)23-17/h4-7,9,14H,8H2,1-3H3,(H,19,22)(H,18,20,21)/t9-,14+/m1/s1. The molecule has 1 aromatic heterocycles. The zero-order chi connectivity index (χ0) is 16.6. The second-order valence-corrected chi connectivity index (χ2v) is 7.20. The molecule has 5 nitrogen and oxygen atoms in total. The number of nitrogens with zero attached hydrogens (tertiary/aromatic N) is 1. The molecule has 1 aliphatic rings. The van der Waals surface area contributed by atoms with Crippen molar-refractivity contribution in [3.63, 3.8) is 0 Å². The first-order valence-electron chi connectivity index (χ1n) is 7.60. The summed E-state index contributed by atoms with van der Waals surface area (Å²) in [5.41, 5.74) is 2.18. The third kappa shape index (κ3) is 3.59. The first-order valence-corrected chi connectivity index (χ1v) is 8.42. The number of benzene rings is 1. The fourth-order valence-corrected chi connectivity index (χ4v) is 3.13. The summed E-state index contributed by atoms with van der Waals surface area (Å²) in [6, 6.07) is 6.90. The lowest BCUT2D eigenvalue weighted by molar-refractivity contribution is -0.117. The van der Waals surface area contributed by atoms with Crippen molar-refractivity contribution in [2.24, 2.45) is 11.8 Å². The Kier molecular flexibility index (Phi) is 4.17. The molecule has 1 aliphatic carbocycles. The highest BCUT2D eigenvalue weighted by Crippen LogP contribution is 2.38. The van der Waals surface area contributed by atoms with Gasteiger partial charge < -0.3 is 5.32 Å². The van der Waals surface area contributed by atoms with Gasteiger partial charge in [0.1, 0.15) is 0 Å². The predicted molar refractivity (Wildman–Crippen MR) is 91.9 cm³/mol. The molecule has 0 saturated heterocycles. The highest BCUT2D eigenvalue weighted by molar-refractivity contribution is 7.15. The lowest BCUT2D eigenvalue weighted by atomic mass is 10.2. The molecule has 3 rings (SSSR count). The first-order chi connectivity index (χ1) is 10.9. The Balaban J connectivity index is 1.62. The second-order valence-electron chi connectivity index (χ2n) is 6.00. The lowest BCUT2D eigenvalue weighted by Gasteiger charge is -2.06. The molecule has 23 heavy (non-hydrogen) atoms. The van der Waals surface area contributed by atoms with Crippen molar-refractivity contribution >= 4 is 34.0 Å². The van der Waals surface area contributed by atoms with E-state index in [-0.39, 0.29) is 17.7 Å². The molecule has 1 saturated carbocycles. The zero-order valence-corrected chi connectivity index (χ0v) is 14.2. The summed E-state index contributed by atoms with van der Waals surface area (Å²) in [6.07, 6.45) is 0.957. The first kappa shape index (κ1) is 15.7. The molecule has 0 spiro atoms. The van der Waals surface area contributed by atoms with Gasteiger partial charge in [0.05, 0.1) is 5.69 Å². The number of nitrogens with one attached hydrogen (secondary N) is 2. The van der Waals surface area contributed by atoms with Gasteiger partial charge in [-0.25, -0.2) is 4.98 Å². The predicted octanol–water partition coefficient (Wildman–Crippen LogP) is 3.61. The maximum Gasteiger partial charge on any atom is 0.257 e. The smallest absolute Gasteiger partial charge is 0.257 e. The Labute approximate surface area is 139 Å². The summed E-state index contributed by atoms with van der Waals surface area (Å²) < 4.78 is 0. The molecule has 0 aliphatic heterocycles. The number of rotatable bonds is 4. The maximum atomic E-state index is 12.2. The number of aryl methyl sites for hydroxylation is 2. The normalized spacial score (nSPS) is 19.3. The number of amides is 2. The summed E-state index contributed by atoms with van der Waals surface area (Å²) in [7, 11) is 0. The summed E-state index contributed by atoms with van der Waals surface area (Å²) in [5.74, 6) is 0.468. The second kappa shape index (κ2) is 6.12. The van der Waals surface area contributed by atoms with Crippen molar-refractivity contribution in [3.8, 4) is 0 Å². The van der Waals surface area contributed by atoms with Crippen LogP contribution in [0.5, 0.6) is 0 Å². The Bertz CT molecular complexity index is 732. The summed E-state index contributed by atoms with van der Waals surface area (Å²) >= 11 is 1.46. The molecule has 1 fully saturated rings. The molecule has 2 amide bonds. The van der Waals surface area contributed by atoms with Crippen molar-refractivity contribution < 1.29 is 9.59 Å². The molecule has 1 heterocycles. The minimum Gasteiger partial charge on any atom is -0.326 e. The molecule has 2 aromatic rings. The van der Waals surface area contributed by atoms with Crippen LogP contribution in [0.2, 0.25) is 0 Å². The van der Waals surface area contributed by atoms with Gasteiger partial charge in [0.15, 0.2) is 5.13 Å². The number of aromatic nitrogens is 1. The Hall–Kier alpha value is -2.21. The summed E-state index contributed by atoms with van der Waals surface area (Å²) in [5, 5.41) is 6.28. The van der Waals surface area contributed by atoms with Gasteiger partial charge in [0, 0.05) is 22.0 Å². The molecule has 2 N–H and O–H groups in total. The van der Waals surface area contributed by atoms with Crippen molar-refractivity contribution in [3.05, 3.63) is 40.4 Å². The molecular weight excluding hydrogens is 310 g/mol. The van der Waals surface area contributed by atoms with Gasteiger partial charge in [0.25, 0.3) is 5.91 Å². The molecule has 0 radical (unpaired) electrons. The Morgan fingerprint density at radius 2 is 1.83 bits per heavy atom. The van der Waals surface area contributed by atoms with Crippen LogP contribution in [0, 0.1) is 25.7 Å². The SMILES string of the molecule is Cc1nc(NC(=O)c2ccc(NC(=O)[C@H]3C[C@H]3C)cc2)sc1C. The number of carbonyl (C=O) groups is 2. The number of hydrogen-bond donors (Lipinski definition) is 2. The topological polar surface area (TPSA) is 71.1 Å². The molecular formula is C17H19N3O2S. The zero-order valence-electron chi connectivity index (χ0n) is 13.3. The highest BCUT2D eigenvalue weighted by Gasteiger charge is 2.39. The monoisotopic (exact) mass is 329 g/mol. The molecule has 0 unspecified atom stereocenters. The van der Waals surface area contributed by atoms with Crippen LogP contribution in [-0.4, -0.2) is 16.8 Å². The maximum absolute atomic E-state index is 12.2. The van der Waals surface area contributed by atoms with E-state index in [9.17, 15) is 9.59 Å². The molecule has 6 heteroatoms. The number of thiazole rings is 1. The van der Waals surface area contributed by atoms with E-state index in [1.807, 2.05) is 13.8 Å². The minimum absolute atomic E-state index is 0.0587. The van der Waals surface area contributed by atoms with Crippen LogP contribution in [-0.2, 0) is 4.79 Å².